The van der Waals surface area contributed by atoms with E-state index in [4.69, 9.17) is 4.74 Å². The van der Waals surface area contributed by atoms with E-state index >= 15 is 0 Å². The molecule has 0 saturated carbocycles. The maximum Gasteiger partial charge on any atom is 0.254 e. The molecule has 3 heterocycles. The molecule has 0 aliphatic rings. The van der Waals surface area contributed by atoms with Crippen molar-refractivity contribution >= 4 is 11.6 Å². The molecule has 8 heteroatoms. The minimum Gasteiger partial charge on any atom is -0.439 e. The number of nitrogens with one attached hydrogen (secondary N) is 1. The molecule has 4 aromatic rings. The van der Waals surface area contributed by atoms with E-state index in [1.165, 1.54) is 18.5 Å². The molecule has 0 unspecified atom stereocenters. The van der Waals surface area contributed by atoms with E-state index in [9.17, 15) is 4.39 Å². The first-order valence-corrected chi connectivity index (χ1v) is 7.97. The Labute approximate surface area is 148 Å². The van der Waals surface area contributed by atoms with Gasteiger partial charge in [0.15, 0.2) is 0 Å². The van der Waals surface area contributed by atoms with Crippen LogP contribution in [-0.4, -0.2) is 24.6 Å². The van der Waals surface area contributed by atoms with Gasteiger partial charge in [0.25, 0.3) is 5.78 Å². The van der Waals surface area contributed by atoms with Crippen LogP contribution in [0.4, 0.5) is 10.2 Å². The molecule has 26 heavy (non-hydrogen) atoms. The molecule has 0 aliphatic carbocycles. The SMILES string of the molecule is Cc1cc(NCc2ccc(Oc3cccc(F)c3)nc2)n2ncnc2n1. The van der Waals surface area contributed by atoms with Crippen molar-refractivity contribution in [2.45, 2.75) is 13.5 Å². The number of aromatic nitrogens is 5. The number of halogens is 1. The lowest BCUT2D eigenvalue weighted by atomic mass is 10.3. The standard InChI is InChI=1S/C18H15FN6O/c1-12-7-16(25-18(24-12)22-11-23-25)20-9-13-5-6-17(21-10-13)26-15-4-2-3-14(19)8-15/h2-8,10-11,20H,9H2,1H3. The van der Waals surface area contributed by atoms with Crippen molar-refractivity contribution in [3.63, 3.8) is 0 Å². The average Bonchev–Trinajstić information content (AvgIpc) is 3.09. The van der Waals surface area contributed by atoms with Gasteiger partial charge in [-0.1, -0.05) is 12.1 Å². The second-order valence-corrected chi connectivity index (χ2v) is 5.67. The zero-order valence-corrected chi connectivity index (χ0v) is 13.9. The second kappa shape index (κ2) is 6.75. The van der Waals surface area contributed by atoms with Crippen LogP contribution in [-0.2, 0) is 6.54 Å². The van der Waals surface area contributed by atoms with Gasteiger partial charge in [-0.25, -0.2) is 14.4 Å². The topological polar surface area (TPSA) is 77.2 Å². The van der Waals surface area contributed by atoms with Crippen molar-refractivity contribution in [1.82, 2.24) is 24.6 Å². The number of nitrogens with zero attached hydrogens (tertiary/aromatic N) is 5. The summed E-state index contributed by atoms with van der Waals surface area (Å²) in [6.07, 6.45) is 3.17. The molecule has 3 aromatic heterocycles. The molecule has 0 spiro atoms. The van der Waals surface area contributed by atoms with Crippen molar-refractivity contribution in [2.75, 3.05) is 5.32 Å². The highest BCUT2D eigenvalue weighted by Crippen LogP contribution is 2.20. The lowest BCUT2D eigenvalue weighted by Crippen LogP contribution is -2.07. The normalized spacial score (nSPS) is 10.8. The molecule has 0 saturated heterocycles. The van der Waals surface area contributed by atoms with E-state index in [0.717, 1.165) is 17.1 Å². The predicted octanol–water partition coefficient (Wildman–Crippen LogP) is 3.37. The first kappa shape index (κ1) is 15.9. The molecule has 0 aliphatic heterocycles. The fourth-order valence-electron chi connectivity index (χ4n) is 2.48. The van der Waals surface area contributed by atoms with Gasteiger partial charge >= 0.3 is 0 Å². The Morgan fingerprint density at radius 1 is 1.15 bits per heavy atom. The molecule has 0 amide bonds. The van der Waals surface area contributed by atoms with Gasteiger partial charge in [0.1, 0.15) is 23.7 Å². The molecule has 0 fully saturated rings. The lowest BCUT2D eigenvalue weighted by Gasteiger charge is -2.09. The van der Waals surface area contributed by atoms with Crippen LogP contribution in [0, 0.1) is 12.7 Å². The van der Waals surface area contributed by atoms with Crippen molar-refractivity contribution in [2.24, 2.45) is 0 Å². The smallest absolute Gasteiger partial charge is 0.254 e. The highest BCUT2D eigenvalue weighted by molar-refractivity contribution is 5.45. The van der Waals surface area contributed by atoms with E-state index in [0.29, 0.717) is 24.0 Å². The summed E-state index contributed by atoms with van der Waals surface area (Å²) in [5, 5.41) is 7.45. The number of anilines is 1. The highest BCUT2D eigenvalue weighted by Gasteiger charge is 2.06. The summed E-state index contributed by atoms with van der Waals surface area (Å²) in [7, 11) is 0. The predicted molar refractivity (Wildman–Crippen MR) is 93.6 cm³/mol. The van der Waals surface area contributed by atoms with E-state index < -0.39 is 0 Å². The second-order valence-electron chi connectivity index (χ2n) is 5.67. The van der Waals surface area contributed by atoms with Crippen LogP contribution in [0.1, 0.15) is 11.3 Å². The van der Waals surface area contributed by atoms with Gasteiger partial charge in [-0.2, -0.15) is 14.6 Å². The maximum absolute atomic E-state index is 13.2. The van der Waals surface area contributed by atoms with Crippen LogP contribution in [0.15, 0.2) is 55.0 Å². The molecule has 0 atom stereocenters. The summed E-state index contributed by atoms with van der Waals surface area (Å²) in [4.78, 5) is 12.7. The zero-order chi connectivity index (χ0) is 17.9. The summed E-state index contributed by atoms with van der Waals surface area (Å²) in [6.45, 7) is 2.45. The van der Waals surface area contributed by atoms with Crippen LogP contribution in [0.5, 0.6) is 11.6 Å². The van der Waals surface area contributed by atoms with E-state index in [-0.39, 0.29) is 5.82 Å². The minimum absolute atomic E-state index is 0.351. The Morgan fingerprint density at radius 3 is 2.88 bits per heavy atom. The summed E-state index contributed by atoms with van der Waals surface area (Å²) < 4.78 is 20.4. The number of rotatable bonds is 5. The third kappa shape index (κ3) is 3.44. The number of ether oxygens (including phenoxy) is 1. The van der Waals surface area contributed by atoms with E-state index in [1.807, 2.05) is 19.1 Å². The molecule has 4 rings (SSSR count). The molecular weight excluding hydrogens is 335 g/mol. The molecule has 0 radical (unpaired) electrons. The van der Waals surface area contributed by atoms with Crippen LogP contribution in [0.2, 0.25) is 0 Å². The summed E-state index contributed by atoms with van der Waals surface area (Å²) in [5.74, 6) is 1.80. The van der Waals surface area contributed by atoms with Gasteiger partial charge in [0, 0.05) is 36.6 Å². The fraction of sp³-hybridized carbons (Fsp3) is 0.111. The van der Waals surface area contributed by atoms with Crippen molar-refractivity contribution in [3.8, 4) is 11.6 Å². The van der Waals surface area contributed by atoms with Crippen molar-refractivity contribution in [1.29, 1.82) is 0 Å². The molecule has 7 nitrogen and oxygen atoms in total. The molecule has 130 valence electrons. The summed E-state index contributed by atoms with van der Waals surface area (Å²) in [5.41, 5.74) is 1.81. The zero-order valence-electron chi connectivity index (χ0n) is 13.9. The fourth-order valence-corrected chi connectivity index (χ4v) is 2.48. The molecular formula is C18H15FN6O. The van der Waals surface area contributed by atoms with Crippen LogP contribution < -0.4 is 10.1 Å². The van der Waals surface area contributed by atoms with E-state index in [2.05, 4.69) is 25.4 Å². The number of aryl methyl sites for hydroxylation is 1. The Kier molecular flexibility index (Phi) is 4.14. The summed E-state index contributed by atoms with van der Waals surface area (Å²) in [6, 6.07) is 11.5. The Hall–Kier alpha value is -3.55. The van der Waals surface area contributed by atoms with Crippen LogP contribution in [0.3, 0.4) is 0 Å². The third-order valence-electron chi connectivity index (χ3n) is 3.67. The number of benzene rings is 1. The molecule has 0 bridgehead atoms. The van der Waals surface area contributed by atoms with Crippen molar-refractivity contribution < 1.29 is 9.13 Å². The van der Waals surface area contributed by atoms with Gasteiger partial charge in [-0.05, 0) is 24.6 Å². The number of hydrogen-bond acceptors (Lipinski definition) is 6. The first-order chi connectivity index (χ1) is 12.7. The highest BCUT2D eigenvalue weighted by atomic mass is 19.1. The quantitative estimate of drug-likeness (QED) is 0.595. The monoisotopic (exact) mass is 350 g/mol. The van der Waals surface area contributed by atoms with Gasteiger partial charge < -0.3 is 10.1 Å². The van der Waals surface area contributed by atoms with Crippen LogP contribution >= 0.6 is 0 Å². The third-order valence-corrected chi connectivity index (χ3v) is 3.67. The summed E-state index contributed by atoms with van der Waals surface area (Å²) >= 11 is 0. The molecule has 1 aromatic carbocycles. The minimum atomic E-state index is -0.351. The Bertz CT molecular complexity index is 1050. The van der Waals surface area contributed by atoms with Gasteiger partial charge in [0.05, 0.1) is 0 Å². The first-order valence-electron chi connectivity index (χ1n) is 7.97. The number of hydrogen-bond donors (Lipinski definition) is 1. The lowest BCUT2D eigenvalue weighted by molar-refractivity contribution is 0.458. The van der Waals surface area contributed by atoms with Crippen LogP contribution in [0.25, 0.3) is 5.78 Å². The van der Waals surface area contributed by atoms with Gasteiger partial charge in [-0.15, -0.1) is 0 Å². The van der Waals surface area contributed by atoms with Crippen molar-refractivity contribution in [3.05, 3.63) is 72.1 Å². The Balaban J connectivity index is 1.45. The largest absolute Gasteiger partial charge is 0.439 e. The van der Waals surface area contributed by atoms with Gasteiger partial charge in [-0.3, -0.25) is 0 Å². The maximum atomic E-state index is 13.2. The molecule has 1 N–H and O–H groups in total. The number of fused-ring (bicyclic) bond motifs is 1. The Morgan fingerprint density at radius 2 is 2.08 bits per heavy atom. The average molecular weight is 350 g/mol. The van der Waals surface area contributed by atoms with E-state index in [1.54, 1.807) is 28.9 Å². The number of pyridine rings is 1. The van der Waals surface area contributed by atoms with Gasteiger partial charge in [0.2, 0.25) is 5.88 Å².